The fourth-order valence-corrected chi connectivity index (χ4v) is 5.09. The fraction of sp³-hybridized carbons (Fsp3) is 0.462. The highest BCUT2D eigenvalue weighted by molar-refractivity contribution is 5.97. The van der Waals surface area contributed by atoms with Gasteiger partial charge in [0.1, 0.15) is 5.75 Å². The van der Waals surface area contributed by atoms with Crippen molar-refractivity contribution in [3.8, 4) is 16.9 Å². The summed E-state index contributed by atoms with van der Waals surface area (Å²) in [6.45, 7) is 5.06. The van der Waals surface area contributed by atoms with E-state index >= 15 is 0 Å². The fourth-order valence-electron chi connectivity index (χ4n) is 5.09. The number of nitrogens with one attached hydrogen (secondary N) is 1. The molecular formula is C26H29F3N2O4. The van der Waals surface area contributed by atoms with Crippen LogP contribution in [0.1, 0.15) is 48.5 Å². The van der Waals surface area contributed by atoms with Crippen LogP contribution in [-0.2, 0) is 9.53 Å². The highest BCUT2D eigenvalue weighted by Gasteiger charge is 2.41. The highest BCUT2D eigenvalue weighted by Crippen LogP contribution is 2.36. The molecule has 0 saturated carbocycles. The third-order valence-corrected chi connectivity index (χ3v) is 6.83. The van der Waals surface area contributed by atoms with Crippen molar-refractivity contribution in [3.63, 3.8) is 0 Å². The summed E-state index contributed by atoms with van der Waals surface area (Å²) in [5.41, 5.74) is 2.48. The van der Waals surface area contributed by atoms with E-state index < -0.39 is 6.36 Å². The van der Waals surface area contributed by atoms with Gasteiger partial charge < -0.3 is 19.7 Å². The van der Waals surface area contributed by atoms with Crippen LogP contribution in [0.3, 0.4) is 0 Å². The first kappa shape index (κ1) is 25.0. The van der Waals surface area contributed by atoms with Gasteiger partial charge in [-0.25, -0.2) is 0 Å². The second kappa shape index (κ2) is 9.89. The van der Waals surface area contributed by atoms with E-state index in [0.29, 0.717) is 43.7 Å². The zero-order chi connectivity index (χ0) is 25.2. The van der Waals surface area contributed by atoms with Gasteiger partial charge in [-0.3, -0.25) is 9.59 Å². The van der Waals surface area contributed by atoms with Crippen LogP contribution in [-0.4, -0.2) is 54.4 Å². The lowest BCUT2D eigenvalue weighted by atomic mass is 9.82. The van der Waals surface area contributed by atoms with Crippen molar-refractivity contribution in [2.75, 3.05) is 19.7 Å². The number of alkyl halides is 3. The number of carbonyl (C=O) groups is 2. The summed E-state index contributed by atoms with van der Waals surface area (Å²) in [5.74, 6) is -0.415. The van der Waals surface area contributed by atoms with E-state index in [-0.39, 0.29) is 29.2 Å². The summed E-state index contributed by atoms with van der Waals surface area (Å²) in [6, 6.07) is 11.1. The molecule has 2 heterocycles. The van der Waals surface area contributed by atoms with Crippen LogP contribution in [0.2, 0.25) is 0 Å². The minimum atomic E-state index is -4.75. The van der Waals surface area contributed by atoms with E-state index in [2.05, 4.69) is 10.1 Å². The Bertz CT molecular complexity index is 1080. The molecule has 4 rings (SSSR count). The maximum Gasteiger partial charge on any atom is 0.573 e. The van der Waals surface area contributed by atoms with E-state index in [0.717, 1.165) is 24.0 Å². The van der Waals surface area contributed by atoms with Crippen molar-refractivity contribution < 1.29 is 32.2 Å². The van der Waals surface area contributed by atoms with Crippen LogP contribution in [0, 0.1) is 6.92 Å². The van der Waals surface area contributed by atoms with Crippen molar-refractivity contribution in [3.05, 3.63) is 53.6 Å². The minimum Gasteiger partial charge on any atom is -0.406 e. The molecule has 2 amide bonds. The Kier molecular flexibility index (Phi) is 7.07. The molecule has 0 aliphatic carbocycles. The molecule has 2 fully saturated rings. The molecule has 1 spiro atoms. The second-order valence-electron chi connectivity index (χ2n) is 9.26. The van der Waals surface area contributed by atoms with Gasteiger partial charge in [-0.2, -0.15) is 0 Å². The van der Waals surface area contributed by atoms with Gasteiger partial charge in [-0.15, -0.1) is 13.2 Å². The van der Waals surface area contributed by atoms with E-state index in [1.54, 1.807) is 24.3 Å². The molecule has 2 aliphatic heterocycles. The number of amides is 2. The van der Waals surface area contributed by atoms with Crippen LogP contribution in [0.5, 0.6) is 5.75 Å². The van der Waals surface area contributed by atoms with Crippen molar-refractivity contribution >= 4 is 11.8 Å². The maximum absolute atomic E-state index is 13.4. The second-order valence-corrected chi connectivity index (χ2v) is 9.26. The molecule has 188 valence electrons. The Hall–Kier alpha value is -3.07. The zero-order valence-electron chi connectivity index (χ0n) is 19.8. The number of carbonyl (C=O) groups excluding carboxylic acids is 2. The number of rotatable bonds is 4. The number of likely N-dealkylation sites (tertiary alicyclic amines) is 1. The molecule has 0 aromatic heterocycles. The molecule has 9 heteroatoms. The number of piperidine rings is 1. The first-order valence-corrected chi connectivity index (χ1v) is 11.7. The van der Waals surface area contributed by atoms with Crippen molar-refractivity contribution in [2.45, 2.75) is 57.5 Å². The van der Waals surface area contributed by atoms with Crippen molar-refractivity contribution in [1.29, 1.82) is 0 Å². The molecular weight excluding hydrogens is 461 g/mol. The SMILES string of the molecule is CC(=O)N[C@@H]1CCOC2(CCN(C(=O)c3cccc(-c4ccc(OC(F)(F)F)cc4)c3C)CC2)C1. The van der Waals surface area contributed by atoms with Crippen LogP contribution >= 0.6 is 0 Å². The molecule has 2 saturated heterocycles. The molecule has 6 nitrogen and oxygen atoms in total. The summed E-state index contributed by atoms with van der Waals surface area (Å²) in [6.07, 6.45) is -1.80. The minimum absolute atomic E-state index is 0.0439. The van der Waals surface area contributed by atoms with Gasteiger partial charge in [-0.1, -0.05) is 24.3 Å². The Morgan fingerprint density at radius 2 is 1.80 bits per heavy atom. The average molecular weight is 491 g/mol. The first-order valence-electron chi connectivity index (χ1n) is 11.7. The van der Waals surface area contributed by atoms with Gasteiger partial charge in [0.2, 0.25) is 5.91 Å². The Balaban J connectivity index is 1.45. The van der Waals surface area contributed by atoms with Crippen molar-refractivity contribution in [1.82, 2.24) is 10.2 Å². The van der Waals surface area contributed by atoms with Crippen LogP contribution in [0.4, 0.5) is 13.2 Å². The van der Waals surface area contributed by atoms with E-state index in [4.69, 9.17) is 4.74 Å². The summed E-state index contributed by atoms with van der Waals surface area (Å²) in [5, 5.41) is 2.99. The lowest BCUT2D eigenvalue weighted by molar-refractivity contribution is -0.274. The number of halogens is 3. The van der Waals surface area contributed by atoms with E-state index in [1.165, 1.54) is 19.1 Å². The summed E-state index contributed by atoms with van der Waals surface area (Å²) in [7, 11) is 0. The third-order valence-electron chi connectivity index (χ3n) is 6.83. The Morgan fingerprint density at radius 1 is 1.11 bits per heavy atom. The normalized spacial score (nSPS) is 19.9. The predicted octanol–water partition coefficient (Wildman–Crippen LogP) is 4.85. The van der Waals surface area contributed by atoms with Crippen LogP contribution in [0.25, 0.3) is 11.1 Å². The standard InChI is InChI=1S/C26H29F3N2O4/c1-17-22(19-6-8-21(9-7-19)35-26(27,28)29)4-3-5-23(17)24(33)31-13-11-25(12-14-31)16-20(10-15-34-25)30-18(2)32/h3-9,20H,10-16H2,1-2H3,(H,30,32)/t20-/m1/s1. The smallest absolute Gasteiger partial charge is 0.406 e. The quantitative estimate of drug-likeness (QED) is 0.666. The van der Waals surface area contributed by atoms with Crippen LogP contribution in [0.15, 0.2) is 42.5 Å². The predicted molar refractivity (Wildman–Crippen MR) is 124 cm³/mol. The highest BCUT2D eigenvalue weighted by atomic mass is 19.4. The number of hydrogen-bond acceptors (Lipinski definition) is 4. The van der Waals surface area contributed by atoms with E-state index in [9.17, 15) is 22.8 Å². The molecule has 0 radical (unpaired) electrons. The lowest BCUT2D eigenvalue weighted by Gasteiger charge is -2.46. The lowest BCUT2D eigenvalue weighted by Crippen LogP contribution is -2.54. The molecule has 35 heavy (non-hydrogen) atoms. The zero-order valence-corrected chi connectivity index (χ0v) is 19.8. The Labute approximate surface area is 202 Å². The topological polar surface area (TPSA) is 67.9 Å². The average Bonchev–Trinajstić information content (AvgIpc) is 2.79. The van der Waals surface area contributed by atoms with Gasteiger partial charge >= 0.3 is 6.36 Å². The van der Waals surface area contributed by atoms with Gasteiger partial charge in [0.25, 0.3) is 5.91 Å². The van der Waals surface area contributed by atoms with Gasteiger partial charge in [0, 0.05) is 38.2 Å². The van der Waals surface area contributed by atoms with Gasteiger partial charge in [0.05, 0.1) is 5.60 Å². The van der Waals surface area contributed by atoms with Gasteiger partial charge in [-0.05, 0) is 67.5 Å². The largest absolute Gasteiger partial charge is 0.573 e. The molecule has 1 N–H and O–H groups in total. The first-order chi connectivity index (χ1) is 16.6. The summed E-state index contributed by atoms with van der Waals surface area (Å²) in [4.78, 5) is 26.7. The van der Waals surface area contributed by atoms with Crippen molar-refractivity contribution in [2.24, 2.45) is 0 Å². The molecule has 2 aromatic rings. The number of hydrogen-bond donors (Lipinski definition) is 1. The number of ether oxygens (including phenoxy) is 2. The maximum atomic E-state index is 13.4. The Morgan fingerprint density at radius 3 is 2.43 bits per heavy atom. The monoisotopic (exact) mass is 490 g/mol. The molecule has 2 aromatic carbocycles. The number of benzene rings is 2. The molecule has 1 atom stereocenters. The number of nitrogens with zero attached hydrogens (tertiary/aromatic N) is 1. The van der Waals surface area contributed by atoms with Crippen LogP contribution < -0.4 is 10.1 Å². The third kappa shape index (κ3) is 5.96. The molecule has 0 unspecified atom stereocenters. The van der Waals surface area contributed by atoms with E-state index in [1.807, 2.05) is 17.9 Å². The summed E-state index contributed by atoms with van der Waals surface area (Å²) < 4.78 is 47.4. The summed E-state index contributed by atoms with van der Waals surface area (Å²) >= 11 is 0. The molecule has 0 bridgehead atoms. The molecule has 2 aliphatic rings. The van der Waals surface area contributed by atoms with Gasteiger partial charge in [0.15, 0.2) is 0 Å².